The van der Waals surface area contributed by atoms with E-state index in [1.165, 1.54) is 6.42 Å². The Kier molecular flexibility index (Phi) is 5.26. The Morgan fingerprint density at radius 2 is 1.77 bits per heavy atom. The molecular weight excluding hydrogens is 186 g/mol. The summed E-state index contributed by atoms with van der Waals surface area (Å²) in [6, 6.07) is 0. The molecule has 3 heteroatoms. The number of nitrogens with one attached hydrogen (secondary N) is 1. The second-order valence-electron chi connectivity index (χ2n) is 5.13. The SMILES string of the molecule is CC(C)(C)C[C@@H]1CNC[C@H]1CO.Cl. The van der Waals surface area contributed by atoms with Crippen LogP contribution in [-0.2, 0) is 0 Å². The molecule has 1 rings (SSSR count). The van der Waals surface area contributed by atoms with E-state index in [-0.39, 0.29) is 12.4 Å². The third-order valence-electron chi connectivity index (χ3n) is 2.59. The zero-order valence-corrected chi connectivity index (χ0v) is 9.66. The normalized spacial score (nSPS) is 28.6. The molecule has 0 aromatic carbocycles. The van der Waals surface area contributed by atoms with Crippen LogP contribution in [0, 0.1) is 17.3 Å². The van der Waals surface area contributed by atoms with E-state index >= 15 is 0 Å². The molecule has 2 N–H and O–H groups in total. The van der Waals surface area contributed by atoms with E-state index in [0.717, 1.165) is 13.1 Å². The predicted octanol–water partition coefficient (Wildman–Crippen LogP) is 1.67. The minimum Gasteiger partial charge on any atom is -0.396 e. The third-order valence-corrected chi connectivity index (χ3v) is 2.59. The fourth-order valence-electron chi connectivity index (χ4n) is 2.03. The number of aliphatic hydroxyl groups is 1. The van der Waals surface area contributed by atoms with Gasteiger partial charge in [0, 0.05) is 13.2 Å². The first-order valence-electron chi connectivity index (χ1n) is 4.84. The number of halogens is 1. The molecule has 0 amide bonds. The first kappa shape index (κ1) is 13.2. The van der Waals surface area contributed by atoms with Gasteiger partial charge in [0.15, 0.2) is 0 Å². The molecule has 1 saturated heterocycles. The van der Waals surface area contributed by atoms with Crippen molar-refractivity contribution in [2.45, 2.75) is 27.2 Å². The van der Waals surface area contributed by atoms with Gasteiger partial charge in [0.2, 0.25) is 0 Å². The van der Waals surface area contributed by atoms with Crippen LogP contribution in [0.15, 0.2) is 0 Å². The van der Waals surface area contributed by atoms with Crippen LogP contribution in [0.3, 0.4) is 0 Å². The Morgan fingerprint density at radius 1 is 1.23 bits per heavy atom. The average Bonchev–Trinajstić information content (AvgIpc) is 2.31. The van der Waals surface area contributed by atoms with Crippen LogP contribution in [0.25, 0.3) is 0 Å². The lowest BCUT2D eigenvalue weighted by atomic mass is 9.80. The monoisotopic (exact) mass is 207 g/mol. The minimum atomic E-state index is 0. The lowest BCUT2D eigenvalue weighted by Gasteiger charge is -2.25. The summed E-state index contributed by atoms with van der Waals surface area (Å²) in [5.74, 6) is 1.17. The molecule has 0 aromatic heterocycles. The van der Waals surface area contributed by atoms with Gasteiger partial charge in [-0.3, -0.25) is 0 Å². The Balaban J connectivity index is 0.00000144. The van der Waals surface area contributed by atoms with E-state index in [2.05, 4.69) is 26.1 Å². The zero-order chi connectivity index (χ0) is 9.19. The lowest BCUT2D eigenvalue weighted by molar-refractivity contribution is 0.175. The van der Waals surface area contributed by atoms with Crippen molar-refractivity contribution in [3.8, 4) is 0 Å². The molecule has 80 valence electrons. The first-order valence-corrected chi connectivity index (χ1v) is 4.84. The molecule has 1 aliphatic heterocycles. The Labute approximate surface area is 87.5 Å². The van der Waals surface area contributed by atoms with E-state index in [1.807, 2.05) is 0 Å². The molecule has 1 fully saturated rings. The Hall–Kier alpha value is 0.210. The second-order valence-corrected chi connectivity index (χ2v) is 5.13. The van der Waals surface area contributed by atoms with Crippen LogP contribution in [-0.4, -0.2) is 24.8 Å². The highest BCUT2D eigenvalue weighted by Crippen LogP contribution is 2.30. The number of aliphatic hydroxyl groups excluding tert-OH is 1. The topological polar surface area (TPSA) is 32.3 Å². The standard InChI is InChI=1S/C10H21NO.ClH/c1-10(2,3)4-8-5-11-6-9(8)7-12;/h8-9,11-12H,4-7H2,1-3H3;1H/t8-,9+;/m1./s1. The summed E-state index contributed by atoms with van der Waals surface area (Å²) in [4.78, 5) is 0. The largest absolute Gasteiger partial charge is 0.396 e. The molecule has 0 aliphatic carbocycles. The smallest absolute Gasteiger partial charge is 0.0474 e. The van der Waals surface area contributed by atoms with Gasteiger partial charge >= 0.3 is 0 Å². The number of hydrogen-bond donors (Lipinski definition) is 2. The molecule has 0 radical (unpaired) electrons. The Bertz CT molecular complexity index is 144. The van der Waals surface area contributed by atoms with Crippen molar-refractivity contribution in [1.29, 1.82) is 0 Å². The van der Waals surface area contributed by atoms with Gasteiger partial charge in [0.1, 0.15) is 0 Å². The van der Waals surface area contributed by atoms with Crippen LogP contribution >= 0.6 is 12.4 Å². The molecule has 2 nitrogen and oxygen atoms in total. The van der Waals surface area contributed by atoms with Gasteiger partial charge in [-0.1, -0.05) is 20.8 Å². The summed E-state index contributed by atoms with van der Waals surface area (Å²) < 4.78 is 0. The predicted molar refractivity (Wildman–Crippen MR) is 58.3 cm³/mol. The summed E-state index contributed by atoms with van der Waals surface area (Å²) in [6.07, 6.45) is 1.21. The van der Waals surface area contributed by atoms with Gasteiger partial charge in [-0.2, -0.15) is 0 Å². The fourth-order valence-corrected chi connectivity index (χ4v) is 2.03. The van der Waals surface area contributed by atoms with Gasteiger partial charge in [-0.15, -0.1) is 12.4 Å². The molecule has 0 spiro atoms. The quantitative estimate of drug-likeness (QED) is 0.722. The molecule has 1 heterocycles. The van der Waals surface area contributed by atoms with Crippen molar-refractivity contribution >= 4 is 12.4 Å². The molecule has 13 heavy (non-hydrogen) atoms. The van der Waals surface area contributed by atoms with Gasteiger partial charge in [0.05, 0.1) is 0 Å². The average molecular weight is 208 g/mol. The maximum Gasteiger partial charge on any atom is 0.0474 e. The van der Waals surface area contributed by atoms with Crippen molar-refractivity contribution < 1.29 is 5.11 Å². The summed E-state index contributed by atoms with van der Waals surface area (Å²) in [5, 5.41) is 12.4. The van der Waals surface area contributed by atoms with Crippen molar-refractivity contribution in [3.63, 3.8) is 0 Å². The van der Waals surface area contributed by atoms with Gasteiger partial charge < -0.3 is 10.4 Å². The van der Waals surface area contributed by atoms with Crippen molar-refractivity contribution in [2.24, 2.45) is 17.3 Å². The summed E-state index contributed by atoms with van der Waals surface area (Å²) in [7, 11) is 0. The molecular formula is C10H22ClNO. The number of rotatable bonds is 2. The highest BCUT2D eigenvalue weighted by molar-refractivity contribution is 5.85. The van der Waals surface area contributed by atoms with Crippen molar-refractivity contribution in [2.75, 3.05) is 19.7 Å². The lowest BCUT2D eigenvalue weighted by Crippen LogP contribution is -2.22. The van der Waals surface area contributed by atoms with E-state index in [0.29, 0.717) is 23.9 Å². The maximum absolute atomic E-state index is 9.09. The third kappa shape index (κ3) is 4.30. The minimum absolute atomic E-state index is 0. The van der Waals surface area contributed by atoms with Gasteiger partial charge in [-0.05, 0) is 30.2 Å². The van der Waals surface area contributed by atoms with Crippen LogP contribution in [0.5, 0.6) is 0 Å². The molecule has 0 saturated carbocycles. The summed E-state index contributed by atoms with van der Waals surface area (Å²) in [6.45, 7) is 9.22. The zero-order valence-electron chi connectivity index (χ0n) is 8.84. The highest BCUT2D eigenvalue weighted by Gasteiger charge is 2.29. The van der Waals surface area contributed by atoms with Gasteiger partial charge in [-0.25, -0.2) is 0 Å². The van der Waals surface area contributed by atoms with Crippen LogP contribution in [0.1, 0.15) is 27.2 Å². The van der Waals surface area contributed by atoms with Crippen LogP contribution < -0.4 is 5.32 Å². The van der Waals surface area contributed by atoms with E-state index in [4.69, 9.17) is 5.11 Å². The molecule has 0 bridgehead atoms. The van der Waals surface area contributed by atoms with Crippen molar-refractivity contribution in [1.82, 2.24) is 5.32 Å². The molecule has 2 atom stereocenters. The summed E-state index contributed by atoms with van der Waals surface area (Å²) >= 11 is 0. The van der Waals surface area contributed by atoms with E-state index < -0.39 is 0 Å². The fraction of sp³-hybridized carbons (Fsp3) is 1.00. The summed E-state index contributed by atoms with van der Waals surface area (Å²) in [5.41, 5.74) is 0.393. The maximum atomic E-state index is 9.09. The first-order chi connectivity index (χ1) is 5.53. The molecule has 0 unspecified atom stereocenters. The number of hydrogen-bond acceptors (Lipinski definition) is 2. The van der Waals surface area contributed by atoms with E-state index in [1.54, 1.807) is 0 Å². The van der Waals surface area contributed by atoms with Crippen LogP contribution in [0.4, 0.5) is 0 Å². The van der Waals surface area contributed by atoms with Crippen LogP contribution in [0.2, 0.25) is 0 Å². The molecule has 1 aliphatic rings. The second kappa shape index (κ2) is 5.18. The van der Waals surface area contributed by atoms with Gasteiger partial charge in [0.25, 0.3) is 0 Å². The van der Waals surface area contributed by atoms with Crippen molar-refractivity contribution in [3.05, 3.63) is 0 Å². The molecule has 0 aromatic rings. The Morgan fingerprint density at radius 3 is 2.23 bits per heavy atom. The van der Waals surface area contributed by atoms with E-state index in [9.17, 15) is 0 Å². The highest BCUT2D eigenvalue weighted by atomic mass is 35.5.